The van der Waals surface area contributed by atoms with E-state index in [1.165, 1.54) is 0 Å². The lowest BCUT2D eigenvalue weighted by Gasteiger charge is -2.09. The van der Waals surface area contributed by atoms with Gasteiger partial charge < -0.3 is 5.32 Å². The molecule has 122 valence electrons. The molecule has 3 rings (SSSR count). The average Bonchev–Trinajstić information content (AvgIpc) is 3.44. The van der Waals surface area contributed by atoms with Crippen molar-refractivity contribution in [1.82, 2.24) is 10.8 Å². The first kappa shape index (κ1) is 16.0. The van der Waals surface area contributed by atoms with E-state index in [4.69, 9.17) is 5.21 Å². The van der Waals surface area contributed by atoms with Crippen molar-refractivity contribution in [2.75, 3.05) is 0 Å². The summed E-state index contributed by atoms with van der Waals surface area (Å²) in [6.45, 7) is 0. The molecule has 5 heteroatoms. The van der Waals surface area contributed by atoms with Crippen LogP contribution in [0.5, 0.6) is 0 Å². The topological polar surface area (TPSA) is 78.4 Å². The van der Waals surface area contributed by atoms with Gasteiger partial charge in [0.1, 0.15) is 0 Å². The fraction of sp³-hybridized carbons (Fsp3) is 0.158. The molecule has 1 saturated carbocycles. The summed E-state index contributed by atoms with van der Waals surface area (Å²) in [7, 11) is 0. The third kappa shape index (κ3) is 3.88. The summed E-state index contributed by atoms with van der Waals surface area (Å²) < 4.78 is 0. The second kappa shape index (κ2) is 7.10. The van der Waals surface area contributed by atoms with Gasteiger partial charge in [-0.25, -0.2) is 5.48 Å². The molecule has 0 aliphatic heterocycles. The first-order valence-electron chi connectivity index (χ1n) is 7.80. The zero-order chi connectivity index (χ0) is 16.9. The van der Waals surface area contributed by atoms with Crippen LogP contribution in [0.4, 0.5) is 0 Å². The highest BCUT2D eigenvalue weighted by Crippen LogP contribution is 2.23. The maximum absolute atomic E-state index is 12.5. The molecular weight excluding hydrogens is 304 g/mol. The van der Waals surface area contributed by atoms with Gasteiger partial charge in [0.2, 0.25) is 0 Å². The number of carbonyl (C=O) groups excluding carboxylic acids is 2. The number of hydrogen-bond acceptors (Lipinski definition) is 3. The summed E-state index contributed by atoms with van der Waals surface area (Å²) in [6, 6.07) is 16.4. The first-order chi connectivity index (χ1) is 11.7. The monoisotopic (exact) mass is 322 g/mol. The highest BCUT2D eigenvalue weighted by atomic mass is 16.5. The lowest BCUT2D eigenvalue weighted by Crippen LogP contribution is -2.26. The smallest absolute Gasteiger partial charge is 0.274 e. The molecule has 0 atom stereocenters. The molecule has 0 bridgehead atoms. The number of hydrogen-bond donors (Lipinski definition) is 3. The molecule has 0 radical (unpaired) electrons. The number of hydroxylamine groups is 1. The molecule has 2 aromatic rings. The van der Waals surface area contributed by atoms with Crippen LogP contribution in [0.25, 0.3) is 11.6 Å². The second-order valence-corrected chi connectivity index (χ2v) is 5.73. The zero-order valence-electron chi connectivity index (χ0n) is 13.0. The Labute approximate surface area is 140 Å². The molecule has 0 spiro atoms. The number of carbonyl (C=O) groups is 2. The first-order valence-corrected chi connectivity index (χ1v) is 7.80. The number of nitrogens with one attached hydrogen (secondary N) is 2. The second-order valence-electron chi connectivity index (χ2n) is 5.73. The highest BCUT2D eigenvalue weighted by Gasteiger charge is 2.25. The van der Waals surface area contributed by atoms with Gasteiger partial charge in [-0.2, -0.15) is 0 Å². The van der Waals surface area contributed by atoms with E-state index in [1.54, 1.807) is 35.8 Å². The van der Waals surface area contributed by atoms with Crippen molar-refractivity contribution >= 4 is 23.5 Å². The summed E-state index contributed by atoms with van der Waals surface area (Å²) in [5.41, 5.74) is 4.17. The standard InChI is InChI=1S/C19H18N2O3/c22-18(21-24)15-8-6-13(7-9-15)12-17(14-4-2-1-3-5-14)19(23)20-16-10-11-16/h1-9,12,16,24H,10-11H2,(H,20,23)(H,21,22)/b17-12-. The van der Waals surface area contributed by atoms with Crippen LogP contribution in [0.3, 0.4) is 0 Å². The Morgan fingerprint density at radius 1 is 0.958 bits per heavy atom. The van der Waals surface area contributed by atoms with Gasteiger partial charge in [-0.05, 0) is 42.2 Å². The van der Waals surface area contributed by atoms with Gasteiger partial charge in [0.25, 0.3) is 11.8 Å². The molecule has 1 aliphatic carbocycles. The van der Waals surface area contributed by atoms with E-state index in [1.807, 2.05) is 30.3 Å². The van der Waals surface area contributed by atoms with E-state index >= 15 is 0 Å². The van der Waals surface area contributed by atoms with Crippen molar-refractivity contribution in [1.29, 1.82) is 0 Å². The summed E-state index contributed by atoms with van der Waals surface area (Å²) in [5, 5.41) is 11.7. The lowest BCUT2D eigenvalue weighted by atomic mass is 10.0. The Hall–Kier alpha value is -2.92. The van der Waals surface area contributed by atoms with Crippen LogP contribution in [-0.2, 0) is 4.79 Å². The van der Waals surface area contributed by atoms with Gasteiger partial charge in [-0.1, -0.05) is 42.5 Å². The van der Waals surface area contributed by atoms with Crippen molar-refractivity contribution in [3.05, 3.63) is 71.3 Å². The molecule has 1 aliphatic rings. The fourth-order valence-electron chi connectivity index (χ4n) is 2.35. The molecule has 1 fully saturated rings. The van der Waals surface area contributed by atoms with Crippen LogP contribution in [0.1, 0.15) is 34.3 Å². The number of benzene rings is 2. The van der Waals surface area contributed by atoms with Crippen molar-refractivity contribution in [2.45, 2.75) is 18.9 Å². The van der Waals surface area contributed by atoms with Crippen LogP contribution in [0.2, 0.25) is 0 Å². The van der Waals surface area contributed by atoms with E-state index in [0.717, 1.165) is 24.0 Å². The largest absolute Gasteiger partial charge is 0.349 e. The Morgan fingerprint density at radius 2 is 1.62 bits per heavy atom. The van der Waals surface area contributed by atoms with Gasteiger partial charge in [-0.15, -0.1) is 0 Å². The van der Waals surface area contributed by atoms with E-state index < -0.39 is 5.91 Å². The zero-order valence-corrected chi connectivity index (χ0v) is 13.0. The molecular formula is C19H18N2O3. The van der Waals surface area contributed by atoms with Crippen LogP contribution in [0.15, 0.2) is 54.6 Å². The van der Waals surface area contributed by atoms with Crippen molar-refractivity contribution in [3.63, 3.8) is 0 Å². The van der Waals surface area contributed by atoms with Crippen molar-refractivity contribution in [3.8, 4) is 0 Å². The third-order valence-electron chi connectivity index (χ3n) is 3.83. The Bertz CT molecular complexity index is 763. The van der Waals surface area contributed by atoms with Gasteiger partial charge in [0.15, 0.2) is 0 Å². The van der Waals surface area contributed by atoms with Gasteiger partial charge in [0.05, 0.1) is 0 Å². The van der Waals surface area contributed by atoms with E-state index in [0.29, 0.717) is 11.1 Å². The van der Waals surface area contributed by atoms with Crippen molar-refractivity contribution < 1.29 is 14.8 Å². The minimum Gasteiger partial charge on any atom is -0.349 e. The summed E-state index contributed by atoms with van der Waals surface area (Å²) in [5.74, 6) is -0.666. The van der Waals surface area contributed by atoms with E-state index in [2.05, 4.69) is 5.32 Å². The molecule has 3 N–H and O–H groups in total. The van der Waals surface area contributed by atoms with Crippen molar-refractivity contribution in [2.24, 2.45) is 0 Å². The molecule has 2 amide bonds. The highest BCUT2D eigenvalue weighted by molar-refractivity contribution is 6.24. The van der Waals surface area contributed by atoms with Crippen LogP contribution in [-0.4, -0.2) is 23.1 Å². The Balaban J connectivity index is 1.90. The van der Waals surface area contributed by atoms with Crippen LogP contribution < -0.4 is 10.8 Å². The van der Waals surface area contributed by atoms with Gasteiger partial charge in [-0.3, -0.25) is 14.8 Å². The number of amides is 2. The molecule has 5 nitrogen and oxygen atoms in total. The third-order valence-corrected chi connectivity index (χ3v) is 3.83. The summed E-state index contributed by atoms with van der Waals surface area (Å²) >= 11 is 0. The summed E-state index contributed by atoms with van der Waals surface area (Å²) in [6.07, 6.45) is 3.85. The Morgan fingerprint density at radius 3 is 2.21 bits per heavy atom. The molecule has 2 aromatic carbocycles. The molecule has 0 heterocycles. The molecule has 0 saturated heterocycles. The normalized spacial score (nSPS) is 14.1. The number of rotatable bonds is 5. The summed E-state index contributed by atoms with van der Waals surface area (Å²) in [4.78, 5) is 23.9. The maximum Gasteiger partial charge on any atom is 0.274 e. The predicted molar refractivity (Wildman–Crippen MR) is 91.2 cm³/mol. The minimum atomic E-state index is -0.569. The SMILES string of the molecule is O=C(NC1CC1)/C(=C\c1ccc(C(=O)NO)cc1)c1ccccc1. The van der Waals surface area contributed by atoms with E-state index in [9.17, 15) is 9.59 Å². The average molecular weight is 322 g/mol. The molecule has 0 aromatic heterocycles. The maximum atomic E-state index is 12.5. The molecule has 24 heavy (non-hydrogen) atoms. The lowest BCUT2D eigenvalue weighted by molar-refractivity contribution is -0.115. The Kier molecular flexibility index (Phi) is 4.72. The van der Waals surface area contributed by atoms with E-state index in [-0.39, 0.29) is 11.9 Å². The van der Waals surface area contributed by atoms with Crippen LogP contribution in [0, 0.1) is 0 Å². The van der Waals surface area contributed by atoms with Crippen LogP contribution >= 0.6 is 0 Å². The quantitative estimate of drug-likeness (QED) is 0.343. The predicted octanol–water partition coefficient (Wildman–Crippen LogP) is 2.62. The van der Waals surface area contributed by atoms with Gasteiger partial charge >= 0.3 is 0 Å². The minimum absolute atomic E-state index is 0.0964. The molecule has 0 unspecified atom stereocenters. The van der Waals surface area contributed by atoms with Gasteiger partial charge in [0, 0.05) is 17.2 Å². The fourth-order valence-corrected chi connectivity index (χ4v) is 2.35.